The zero-order valence-corrected chi connectivity index (χ0v) is 17.5. The number of carbonyl (C=O) groups is 1. The van der Waals surface area contributed by atoms with Crippen LogP contribution < -0.4 is 0 Å². The van der Waals surface area contributed by atoms with Gasteiger partial charge in [-0.1, -0.05) is 19.1 Å². The fourth-order valence-corrected chi connectivity index (χ4v) is 5.93. The third kappa shape index (κ3) is 3.99. The van der Waals surface area contributed by atoms with E-state index in [1.54, 1.807) is 17.0 Å². The average molecular weight is 452 g/mol. The van der Waals surface area contributed by atoms with E-state index >= 15 is 0 Å². The van der Waals surface area contributed by atoms with Gasteiger partial charge in [0, 0.05) is 16.4 Å². The Labute approximate surface area is 167 Å². The van der Waals surface area contributed by atoms with E-state index in [9.17, 15) is 13.2 Å². The summed E-state index contributed by atoms with van der Waals surface area (Å²) in [5.41, 5.74) is 0.532. The van der Waals surface area contributed by atoms with E-state index in [2.05, 4.69) is 22.9 Å². The highest BCUT2D eigenvalue weighted by Crippen LogP contribution is 2.47. The first-order valence-corrected chi connectivity index (χ1v) is 11.8. The molecule has 1 saturated carbocycles. The maximum absolute atomic E-state index is 13.2. The molecule has 1 saturated heterocycles. The Morgan fingerprint density at radius 1 is 1.26 bits per heavy atom. The molecule has 144 valence electrons. The zero-order chi connectivity index (χ0) is 19.2. The minimum Gasteiger partial charge on any atom is -0.464 e. The van der Waals surface area contributed by atoms with E-state index in [0.29, 0.717) is 34.1 Å². The van der Waals surface area contributed by atoms with Crippen molar-refractivity contribution in [3.63, 3.8) is 0 Å². The molecule has 2 aliphatic rings. The number of nitrogens with zero attached hydrogens (tertiary/aromatic N) is 1. The predicted molar refractivity (Wildman–Crippen MR) is 106 cm³/mol. The van der Waals surface area contributed by atoms with Crippen LogP contribution in [0.15, 0.2) is 45.3 Å². The Morgan fingerprint density at radius 3 is 2.63 bits per heavy atom. The van der Waals surface area contributed by atoms with Crippen LogP contribution in [0.25, 0.3) is 0 Å². The number of halogens is 1. The first-order valence-electron chi connectivity index (χ1n) is 9.18. The average Bonchev–Trinajstić information content (AvgIpc) is 3.02. The Bertz CT molecular complexity index is 968. The molecule has 0 radical (unpaired) electrons. The van der Waals surface area contributed by atoms with Gasteiger partial charge in [-0.05, 0) is 59.0 Å². The highest BCUT2D eigenvalue weighted by molar-refractivity contribution is 9.10. The molecule has 4 rings (SSSR count). The van der Waals surface area contributed by atoms with E-state index in [1.165, 1.54) is 0 Å². The van der Waals surface area contributed by atoms with E-state index in [1.807, 2.05) is 24.3 Å². The smallest absolute Gasteiger partial charge is 0.255 e. The summed E-state index contributed by atoms with van der Waals surface area (Å²) in [4.78, 5) is 14.9. The minimum atomic E-state index is -3.10. The lowest BCUT2D eigenvalue weighted by Gasteiger charge is -2.28. The molecule has 7 heteroatoms. The van der Waals surface area contributed by atoms with Gasteiger partial charge in [0.05, 0.1) is 23.6 Å². The molecule has 1 aliphatic carbocycles. The molecular weight excluding hydrogens is 430 g/mol. The van der Waals surface area contributed by atoms with Gasteiger partial charge in [-0.15, -0.1) is 0 Å². The lowest BCUT2D eigenvalue weighted by atomic mass is 10.1. The van der Waals surface area contributed by atoms with Crippen LogP contribution in [0.2, 0.25) is 0 Å². The second kappa shape index (κ2) is 7.09. The van der Waals surface area contributed by atoms with Crippen LogP contribution in [0.1, 0.15) is 47.6 Å². The van der Waals surface area contributed by atoms with Crippen LogP contribution in [0.4, 0.5) is 0 Å². The van der Waals surface area contributed by atoms with Gasteiger partial charge in [-0.2, -0.15) is 0 Å². The standard InChI is InChI=1S/C20H22BrNO4S/c1-13-10-17(13)19-7-6-15(26-19)11-22(14-8-9-27(24,25)12-14)20(23)16-4-2-3-5-18(16)21/h2-7,13-14,17H,8-12H2,1H3. The van der Waals surface area contributed by atoms with Gasteiger partial charge < -0.3 is 9.32 Å². The summed E-state index contributed by atoms with van der Waals surface area (Å²) in [5.74, 6) is 2.73. The lowest BCUT2D eigenvalue weighted by molar-refractivity contribution is 0.0664. The zero-order valence-electron chi connectivity index (χ0n) is 15.1. The number of hydrogen-bond donors (Lipinski definition) is 0. The van der Waals surface area contributed by atoms with Gasteiger partial charge in [-0.3, -0.25) is 4.79 Å². The van der Waals surface area contributed by atoms with Gasteiger partial charge in [-0.25, -0.2) is 8.42 Å². The molecule has 3 unspecified atom stereocenters. The van der Waals surface area contributed by atoms with Crippen molar-refractivity contribution in [2.75, 3.05) is 11.5 Å². The molecule has 1 aromatic carbocycles. The summed E-state index contributed by atoms with van der Waals surface area (Å²) >= 11 is 3.43. The van der Waals surface area contributed by atoms with E-state index in [4.69, 9.17) is 4.42 Å². The van der Waals surface area contributed by atoms with Crippen molar-refractivity contribution in [1.29, 1.82) is 0 Å². The fraction of sp³-hybridized carbons (Fsp3) is 0.450. The van der Waals surface area contributed by atoms with E-state index in [-0.39, 0.29) is 30.0 Å². The summed E-state index contributed by atoms with van der Waals surface area (Å²) < 4.78 is 30.7. The SMILES string of the molecule is CC1CC1c1ccc(CN(C(=O)c2ccccc2Br)C2CCS(=O)(=O)C2)o1. The summed E-state index contributed by atoms with van der Waals surface area (Å²) in [7, 11) is -3.10. The summed E-state index contributed by atoms with van der Waals surface area (Å²) in [6.45, 7) is 2.47. The van der Waals surface area contributed by atoms with Gasteiger partial charge in [0.1, 0.15) is 11.5 Å². The van der Waals surface area contributed by atoms with Crippen LogP contribution in [0.5, 0.6) is 0 Å². The first kappa shape index (κ1) is 18.7. The highest BCUT2D eigenvalue weighted by Gasteiger charge is 2.38. The maximum Gasteiger partial charge on any atom is 0.255 e. The van der Waals surface area contributed by atoms with Crippen molar-refractivity contribution >= 4 is 31.7 Å². The maximum atomic E-state index is 13.2. The number of rotatable bonds is 5. The van der Waals surface area contributed by atoms with Crippen molar-refractivity contribution < 1.29 is 17.6 Å². The lowest BCUT2D eigenvalue weighted by Crippen LogP contribution is -2.40. The van der Waals surface area contributed by atoms with Crippen molar-refractivity contribution in [3.8, 4) is 0 Å². The molecular formula is C20H22BrNO4S. The van der Waals surface area contributed by atoms with Gasteiger partial charge in [0.25, 0.3) is 5.91 Å². The summed E-state index contributed by atoms with van der Waals surface area (Å²) in [5, 5.41) is 0. The number of furan rings is 1. The largest absolute Gasteiger partial charge is 0.464 e. The molecule has 0 N–H and O–H groups in total. The normalized spacial score (nSPS) is 26.1. The molecule has 3 atom stereocenters. The number of benzene rings is 1. The van der Waals surface area contributed by atoms with E-state index in [0.717, 1.165) is 12.2 Å². The summed E-state index contributed by atoms with van der Waals surface area (Å²) in [6, 6.07) is 10.8. The monoisotopic (exact) mass is 451 g/mol. The molecule has 2 aromatic rings. The molecule has 0 bridgehead atoms. The third-order valence-corrected chi connectivity index (χ3v) is 7.94. The number of hydrogen-bond acceptors (Lipinski definition) is 4. The topological polar surface area (TPSA) is 67.6 Å². The number of amides is 1. The van der Waals surface area contributed by atoms with Gasteiger partial charge in [0.15, 0.2) is 9.84 Å². The van der Waals surface area contributed by atoms with Crippen LogP contribution in [0, 0.1) is 5.92 Å². The minimum absolute atomic E-state index is 0.0103. The molecule has 1 aliphatic heterocycles. The molecule has 2 heterocycles. The fourth-order valence-electron chi connectivity index (χ4n) is 3.74. The van der Waals surface area contributed by atoms with Crippen molar-refractivity contribution in [3.05, 3.63) is 58.0 Å². The van der Waals surface area contributed by atoms with Crippen LogP contribution in [0.3, 0.4) is 0 Å². The molecule has 1 aromatic heterocycles. The number of carbonyl (C=O) groups excluding carboxylic acids is 1. The Hall–Kier alpha value is -1.60. The Kier molecular flexibility index (Phi) is 4.93. The quantitative estimate of drug-likeness (QED) is 0.688. The molecule has 0 spiro atoms. The van der Waals surface area contributed by atoms with Crippen LogP contribution >= 0.6 is 15.9 Å². The van der Waals surface area contributed by atoms with Gasteiger partial charge in [0.2, 0.25) is 0 Å². The Morgan fingerprint density at radius 2 is 2.00 bits per heavy atom. The van der Waals surface area contributed by atoms with Gasteiger partial charge >= 0.3 is 0 Å². The van der Waals surface area contributed by atoms with Crippen molar-refractivity contribution in [1.82, 2.24) is 4.90 Å². The molecule has 2 fully saturated rings. The van der Waals surface area contributed by atoms with Crippen molar-refractivity contribution in [2.45, 2.75) is 38.3 Å². The van der Waals surface area contributed by atoms with E-state index < -0.39 is 9.84 Å². The molecule has 27 heavy (non-hydrogen) atoms. The second-order valence-corrected chi connectivity index (χ2v) is 10.7. The first-order chi connectivity index (χ1) is 12.8. The molecule has 1 amide bonds. The third-order valence-electron chi connectivity index (χ3n) is 5.50. The van der Waals surface area contributed by atoms with Crippen LogP contribution in [-0.2, 0) is 16.4 Å². The Balaban J connectivity index is 1.61. The molecule has 5 nitrogen and oxygen atoms in total. The number of sulfone groups is 1. The highest BCUT2D eigenvalue weighted by atomic mass is 79.9. The summed E-state index contributed by atoms with van der Waals surface area (Å²) in [6.07, 6.45) is 1.60. The van der Waals surface area contributed by atoms with Crippen LogP contribution in [-0.4, -0.2) is 36.8 Å². The predicted octanol–water partition coefficient (Wildman–Crippen LogP) is 4.00. The van der Waals surface area contributed by atoms with Crippen molar-refractivity contribution in [2.24, 2.45) is 5.92 Å². The second-order valence-electron chi connectivity index (χ2n) is 7.59.